The normalized spacial score (nSPS) is 22.3. The molecule has 1 atom stereocenters. The van der Waals surface area contributed by atoms with Crippen LogP contribution in [-0.2, 0) is 22.6 Å². The SMILES string of the molecule is CC1CS(=O)(=O)CCN1c1ccc(CN)c(C(F)(F)F)c1. The molecule has 1 aliphatic rings. The Morgan fingerprint density at radius 1 is 1.38 bits per heavy atom. The van der Waals surface area contributed by atoms with E-state index >= 15 is 0 Å². The molecule has 0 radical (unpaired) electrons. The maximum absolute atomic E-state index is 13.0. The fraction of sp³-hybridized carbons (Fsp3) is 0.538. The molecule has 2 rings (SSSR count). The quantitative estimate of drug-likeness (QED) is 0.902. The van der Waals surface area contributed by atoms with Gasteiger partial charge in [-0.3, -0.25) is 0 Å². The van der Waals surface area contributed by atoms with Crippen LogP contribution in [0.1, 0.15) is 18.1 Å². The minimum absolute atomic E-state index is 0.0311. The van der Waals surface area contributed by atoms with Gasteiger partial charge < -0.3 is 10.6 Å². The molecular weight excluding hydrogens is 305 g/mol. The van der Waals surface area contributed by atoms with Crippen molar-refractivity contribution >= 4 is 15.5 Å². The van der Waals surface area contributed by atoms with Crippen LogP contribution < -0.4 is 10.6 Å². The van der Waals surface area contributed by atoms with E-state index in [0.717, 1.165) is 6.07 Å². The molecule has 21 heavy (non-hydrogen) atoms. The van der Waals surface area contributed by atoms with E-state index < -0.39 is 21.6 Å². The first kappa shape index (κ1) is 16.1. The smallest absolute Gasteiger partial charge is 0.367 e. The third-order valence-corrected chi connectivity index (χ3v) is 5.42. The van der Waals surface area contributed by atoms with Gasteiger partial charge in [-0.1, -0.05) is 6.07 Å². The Balaban J connectivity index is 2.37. The van der Waals surface area contributed by atoms with Gasteiger partial charge in [-0.15, -0.1) is 0 Å². The lowest BCUT2D eigenvalue weighted by molar-refractivity contribution is -0.138. The first-order valence-electron chi connectivity index (χ1n) is 6.51. The van der Waals surface area contributed by atoms with E-state index in [1.165, 1.54) is 6.07 Å². The average Bonchev–Trinajstić information content (AvgIpc) is 2.36. The number of hydrogen-bond donors (Lipinski definition) is 1. The molecule has 0 saturated carbocycles. The summed E-state index contributed by atoms with van der Waals surface area (Å²) in [6.45, 7) is 1.70. The summed E-state index contributed by atoms with van der Waals surface area (Å²) in [5.74, 6) is -0.0929. The summed E-state index contributed by atoms with van der Waals surface area (Å²) >= 11 is 0. The van der Waals surface area contributed by atoms with E-state index in [0.29, 0.717) is 5.69 Å². The fourth-order valence-corrected chi connectivity index (χ4v) is 4.12. The minimum atomic E-state index is -4.48. The Bertz CT molecular complexity index is 629. The van der Waals surface area contributed by atoms with E-state index in [4.69, 9.17) is 5.73 Å². The van der Waals surface area contributed by atoms with Gasteiger partial charge in [0, 0.05) is 24.8 Å². The fourth-order valence-electron chi connectivity index (χ4n) is 2.57. The van der Waals surface area contributed by atoms with Crippen molar-refractivity contribution in [2.75, 3.05) is 23.0 Å². The molecule has 4 nitrogen and oxygen atoms in total. The molecule has 1 aromatic carbocycles. The van der Waals surface area contributed by atoms with Crippen LogP contribution in [0.3, 0.4) is 0 Å². The van der Waals surface area contributed by atoms with Crippen molar-refractivity contribution in [1.29, 1.82) is 0 Å². The number of benzene rings is 1. The summed E-state index contributed by atoms with van der Waals surface area (Å²) in [6.07, 6.45) is -4.48. The molecule has 0 aromatic heterocycles. The first-order chi connectivity index (χ1) is 9.64. The van der Waals surface area contributed by atoms with Crippen molar-refractivity contribution in [3.05, 3.63) is 29.3 Å². The largest absolute Gasteiger partial charge is 0.416 e. The van der Waals surface area contributed by atoms with Gasteiger partial charge in [0.2, 0.25) is 0 Å². The summed E-state index contributed by atoms with van der Waals surface area (Å²) in [4.78, 5) is 1.69. The van der Waals surface area contributed by atoms with Crippen molar-refractivity contribution in [2.45, 2.75) is 25.7 Å². The highest BCUT2D eigenvalue weighted by atomic mass is 32.2. The molecule has 1 fully saturated rings. The maximum Gasteiger partial charge on any atom is 0.416 e. The van der Waals surface area contributed by atoms with Crippen LogP contribution in [0.15, 0.2) is 18.2 Å². The van der Waals surface area contributed by atoms with Gasteiger partial charge in [-0.2, -0.15) is 13.2 Å². The Labute approximate surface area is 121 Å². The summed E-state index contributed by atoms with van der Waals surface area (Å²) in [6, 6.07) is 3.62. The molecule has 2 N–H and O–H groups in total. The third kappa shape index (κ3) is 3.49. The van der Waals surface area contributed by atoms with Crippen LogP contribution >= 0.6 is 0 Å². The van der Waals surface area contributed by atoms with E-state index in [1.807, 2.05) is 0 Å². The maximum atomic E-state index is 13.0. The van der Waals surface area contributed by atoms with Crippen LogP contribution in [0.25, 0.3) is 0 Å². The van der Waals surface area contributed by atoms with Crippen LogP contribution in [0, 0.1) is 0 Å². The molecular formula is C13H17F3N2O2S. The van der Waals surface area contributed by atoms with Crippen LogP contribution in [0.5, 0.6) is 0 Å². The first-order valence-corrected chi connectivity index (χ1v) is 8.33. The molecule has 0 aliphatic carbocycles. The minimum Gasteiger partial charge on any atom is -0.367 e. The van der Waals surface area contributed by atoms with Gasteiger partial charge in [-0.05, 0) is 24.6 Å². The molecule has 8 heteroatoms. The summed E-state index contributed by atoms with van der Waals surface area (Å²) in [5, 5.41) is 0. The zero-order valence-corrected chi connectivity index (χ0v) is 12.3. The van der Waals surface area contributed by atoms with E-state index in [2.05, 4.69) is 0 Å². The topological polar surface area (TPSA) is 63.4 Å². The number of rotatable bonds is 2. The van der Waals surface area contributed by atoms with Gasteiger partial charge in [-0.25, -0.2) is 8.42 Å². The number of anilines is 1. The summed E-state index contributed by atoms with van der Waals surface area (Å²) < 4.78 is 62.2. The molecule has 0 amide bonds. The zero-order valence-electron chi connectivity index (χ0n) is 11.5. The van der Waals surface area contributed by atoms with Crippen molar-refractivity contribution in [1.82, 2.24) is 0 Å². The summed E-state index contributed by atoms with van der Waals surface area (Å²) in [7, 11) is -3.11. The van der Waals surface area contributed by atoms with Crippen LogP contribution in [0.2, 0.25) is 0 Å². The number of halogens is 3. The van der Waals surface area contributed by atoms with Gasteiger partial charge >= 0.3 is 6.18 Å². The predicted molar refractivity (Wildman–Crippen MR) is 74.8 cm³/mol. The molecule has 0 spiro atoms. The average molecular weight is 322 g/mol. The monoisotopic (exact) mass is 322 g/mol. The predicted octanol–water partition coefficient (Wildman–Crippen LogP) is 1.79. The number of nitrogens with two attached hydrogens (primary N) is 1. The standard InChI is InChI=1S/C13H17F3N2O2S/c1-9-8-21(19,20)5-4-18(9)11-3-2-10(7-17)12(6-11)13(14,15)16/h2-3,6,9H,4-5,7-8,17H2,1H3. The summed E-state index contributed by atoms with van der Waals surface area (Å²) in [5.41, 5.74) is 4.99. The molecule has 0 bridgehead atoms. The van der Waals surface area contributed by atoms with Crippen LogP contribution in [-0.4, -0.2) is 32.5 Å². The Kier molecular flexibility index (Phi) is 4.21. The number of alkyl halides is 3. The second-order valence-corrected chi connectivity index (χ2v) is 7.43. The molecule has 1 aliphatic heterocycles. The highest BCUT2D eigenvalue weighted by molar-refractivity contribution is 7.91. The lowest BCUT2D eigenvalue weighted by Gasteiger charge is -2.35. The van der Waals surface area contributed by atoms with Crippen molar-refractivity contribution in [3.8, 4) is 0 Å². The second-order valence-electron chi connectivity index (χ2n) is 5.20. The highest BCUT2D eigenvalue weighted by Crippen LogP contribution is 2.35. The molecule has 1 saturated heterocycles. The third-order valence-electron chi connectivity index (χ3n) is 3.62. The van der Waals surface area contributed by atoms with Gasteiger partial charge in [0.15, 0.2) is 9.84 Å². The van der Waals surface area contributed by atoms with Gasteiger partial charge in [0.25, 0.3) is 0 Å². The van der Waals surface area contributed by atoms with Crippen molar-refractivity contribution in [3.63, 3.8) is 0 Å². The Hall–Kier alpha value is -1.28. The Morgan fingerprint density at radius 2 is 2.05 bits per heavy atom. The van der Waals surface area contributed by atoms with Crippen molar-refractivity contribution < 1.29 is 21.6 Å². The van der Waals surface area contributed by atoms with E-state index in [-0.39, 0.29) is 36.2 Å². The highest BCUT2D eigenvalue weighted by Gasteiger charge is 2.35. The van der Waals surface area contributed by atoms with E-state index in [1.54, 1.807) is 17.9 Å². The lowest BCUT2D eigenvalue weighted by atomic mass is 10.0. The van der Waals surface area contributed by atoms with Gasteiger partial charge in [0.05, 0.1) is 17.1 Å². The lowest BCUT2D eigenvalue weighted by Crippen LogP contribution is -2.47. The molecule has 118 valence electrons. The number of nitrogens with zero attached hydrogens (tertiary/aromatic N) is 1. The molecule has 1 heterocycles. The second kappa shape index (κ2) is 5.49. The number of sulfone groups is 1. The zero-order chi connectivity index (χ0) is 15.8. The number of hydrogen-bond acceptors (Lipinski definition) is 4. The van der Waals surface area contributed by atoms with Gasteiger partial charge in [0.1, 0.15) is 0 Å². The van der Waals surface area contributed by atoms with Crippen LogP contribution in [0.4, 0.5) is 18.9 Å². The Morgan fingerprint density at radius 3 is 2.57 bits per heavy atom. The van der Waals surface area contributed by atoms with Crippen molar-refractivity contribution in [2.24, 2.45) is 5.73 Å². The van der Waals surface area contributed by atoms with E-state index in [9.17, 15) is 21.6 Å². The molecule has 1 unspecified atom stereocenters. The molecule has 1 aromatic rings.